The second-order valence-corrected chi connectivity index (χ2v) is 13.0. The van der Waals surface area contributed by atoms with Crippen LogP contribution in [0.5, 0.6) is 5.88 Å². The lowest BCUT2D eigenvalue weighted by Gasteiger charge is -2.35. The van der Waals surface area contributed by atoms with Gasteiger partial charge in [-0.15, -0.1) is 0 Å². The van der Waals surface area contributed by atoms with E-state index in [9.17, 15) is 21.6 Å². The molecule has 33 heavy (non-hydrogen) atoms. The van der Waals surface area contributed by atoms with Crippen LogP contribution in [0.4, 0.5) is 0 Å². The normalized spacial score (nSPS) is 16.9. The van der Waals surface area contributed by atoms with Gasteiger partial charge in [-0.25, -0.2) is 13.1 Å². The first-order chi connectivity index (χ1) is 15.3. The molecule has 1 aliphatic rings. The molecule has 2 heterocycles. The maximum Gasteiger partial charge on any atom is 0.310 e. The van der Waals surface area contributed by atoms with E-state index in [1.54, 1.807) is 26.8 Å². The second-order valence-electron chi connectivity index (χ2n) is 9.23. The summed E-state index contributed by atoms with van der Waals surface area (Å²) in [7, 11) is -7.34. The Morgan fingerprint density at radius 2 is 1.88 bits per heavy atom. The predicted octanol–water partition coefficient (Wildman–Crippen LogP) is 3.71. The molecule has 0 N–H and O–H groups in total. The van der Waals surface area contributed by atoms with Gasteiger partial charge in [0.1, 0.15) is 5.56 Å². The van der Waals surface area contributed by atoms with Crippen molar-refractivity contribution in [2.45, 2.75) is 77.7 Å². The van der Waals surface area contributed by atoms with Gasteiger partial charge in [-0.05, 0) is 61.8 Å². The summed E-state index contributed by atoms with van der Waals surface area (Å²) < 4.78 is 57.3. The molecule has 0 spiro atoms. The van der Waals surface area contributed by atoms with E-state index in [2.05, 4.69) is 5.10 Å². The molecule has 0 aliphatic carbocycles. The summed E-state index contributed by atoms with van der Waals surface area (Å²) in [6.07, 6.45) is 2.90. The van der Waals surface area contributed by atoms with Crippen molar-refractivity contribution in [2.24, 2.45) is 0 Å². The van der Waals surface area contributed by atoms with Crippen LogP contribution in [0.1, 0.15) is 79.6 Å². The third-order valence-electron chi connectivity index (χ3n) is 6.24. The van der Waals surface area contributed by atoms with E-state index in [4.69, 9.17) is 4.18 Å². The number of aromatic nitrogens is 2. The van der Waals surface area contributed by atoms with Gasteiger partial charge in [0.2, 0.25) is 5.88 Å². The van der Waals surface area contributed by atoms with Gasteiger partial charge in [0.15, 0.2) is 15.6 Å². The summed E-state index contributed by atoms with van der Waals surface area (Å²) in [5.74, 6) is -0.648. The quantitative estimate of drug-likeness (QED) is 0.404. The Morgan fingerprint density at radius 1 is 1.21 bits per heavy atom. The summed E-state index contributed by atoms with van der Waals surface area (Å²) in [5.41, 5.74) is 1.67. The molecule has 3 rings (SSSR count). The molecule has 1 aromatic heterocycles. The molecular weight excluding hydrogens is 464 g/mol. The number of unbranched alkanes of at least 4 members (excludes halogenated alkanes) is 1. The summed E-state index contributed by atoms with van der Waals surface area (Å²) >= 11 is 0. The summed E-state index contributed by atoms with van der Waals surface area (Å²) in [6.45, 7) is 11.4. The van der Waals surface area contributed by atoms with Crippen molar-refractivity contribution >= 4 is 25.7 Å². The molecule has 0 atom stereocenters. The van der Waals surface area contributed by atoms with Gasteiger partial charge in [-0.2, -0.15) is 13.5 Å². The minimum Gasteiger partial charge on any atom is -0.361 e. The van der Waals surface area contributed by atoms with E-state index in [1.807, 2.05) is 20.8 Å². The number of ketones is 1. The molecule has 0 amide bonds. The zero-order chi connectivity index (χ0) is 24.8. The van der Waals surface area contributed by atoms with Gasteiger partial charge in [-0.1, -0.05) is 27.2 Å². The van der Waals surface area contributed by atoms with E-state index in [0.29, 0.717) is 53.0 Å². The van der Waals surface area contributed by atoms with Crippen LogP contribution in [0, 0.1) is 13.8 Å². The monoisotopic (exact) mass is 496 g/mol. The first-order valence-electron chi connectivity index (χ1n) is 11.2. The number of carbonyl (C=O) groups excluding carboxylic acids is 1. The van der Waals surface area contributed by atoms with E-state index in [-0.39, 0.29) is 22.9 Å². The minimum atomic E-state index is -3.90. The Hall–Kier alpha value is -2.20. The van der Waals surface area contributed by atoms with Gasteiger partial charge in [0, 0.05) is 12.1 Å². The lowest BCUT2D eigenvalue weighted by molar-refractivity contribution is 0.103. The number of sulfone groups is 1. The number of hydrogen-bond acceptors (Lipinski definition) is 7. The van der Waals surface area contributed by atoms with Crippen LogP contribution in [-0.2, 0) is 31.9 Å². The number of fused-ring (bicyclic) bond motifs is 1. The fraction of sp³-hybridized carbons (Fsp3) is 0.565. The van der Waals surface area contributed by atoms with Crippen LogP contribution >= 0.6 is 0 Å². The fourth-order valence-electron chi connectivity index (χ4n) is 4.43. The second kappa shape index (κ2) is 8.87. The third kappa shape index (κ3) is 4.73. The average molecular weight is 497 g/mol. The topological polar surface area (TPSA) is 112 Å². The van der Waals surface area contributed by atoms with E-state index in [1.165, 1.54) is 10.9 Å². The number of nitrogens with zero attached hydrogens (tertiary/aromatic N) is 2. The van der Waals surface area contributed by atoms with Gasteiger partial charge < -0.3 is 4.18 Å². The first-order valence-corrected chi connectivity index (χ1v) is 14.4. The summed E-state index contributed by atoms with van der Waals surface area (Å²) in [6, 6.07) is 1.58. The van der Waals surface area contributed by atoms with Gasteiger partial charge in [-0.3, -0.25) is 4.79 Å². The average Bonchev–Trinajstić information content (AvgIpc) is 3.12. The SMILES string of the molecule is CCCCS(=O)(=O)Oc1c(C(=O)c2cc(C)c3c(c2C)C(C)(C)CCS3(=O)=O)cnn1CC. The summed E-state index contributed by atoms with van der Waals surface area (Å²) in [4.78, 5) is 14.0. The van der Waals surface area contributed by atoms with Crippen molar-refractivity contribution in [2.75, 3.05) is 11.5 Å². The zero-order valence-electron chi connectivity index (χ0n) is 20.1. The lowest BCUT2D eigenvalue weighted by Crippen LogP contribution is -2.33. The Labute approximate surface area is 196 Å². The molecule has 182 valence electrons. The predicted molar refractivity (Wildman–Crippen MR) is 126 cm³/mol. The smallest absolute Gasteiger partial charge is 0.310 e. The highest BCUT2D eigenvalue weighted by atomic mass is 32.2. The standard InChI is InChI=1S/C23H32N2O6S2/c1-7-9-11-33(29,30)31-22-18(14-24-25(22)8-2)20(26)17-13-15(3)21-19(16(17)4)23(5,6)10-12-32(21,27)28/h13-14H,7-12H2,1-6H3. The molecule has 0 saturated heterocycles. The van der Waals surface area contributed by atoms with Crippen LogP contribution < -0.4 is 4.18 Å². The van der Waals surface area contributed by atoms with Gasteiger partial charge in [0.05, 0.1) is 22.6 Å². The molecular formula is C23H32N2O6S2. The number of rotatable bonds is 8. The number of aryl methyl sites for hydroxylation is 2. The number of hydrogen-bond donors (Lipinski definition) is 0. The largest absolute Gasteiger partial charge is 0.361 e. The molecule has 0 radical (unpaired) electrons. The molecule has 2 aromatic rings. The van der Waals surface area contributed by atoms with Crippen molar-refractivity contribution < 1.29 is 25.8 Å². The van der Waals surface area contributed by atoms with Crippen molar-refractivity contribution in [1.82, 2.24) is 9.78 Å². The fourth-order valence-corrected chi connectivity index (χ4v) is 7.85. The molecule has 10 heteroatoms. The maximum absolute atomic E-state index is 13.6. The van der Waals surface area contributed by atoms with Crippen molar-refractivity contribution in [3.05, 3.63) is 40.1 Å². The number of carbonyl (C=O) groups is 1. The molecule has 0 unspecified atom stereocenters. The van der Waals surface area contributed by atoms with Crippen LogP contribution in [0.25, 0.3) is 0 Å². The van der Waals surface area contributed by atoms with Crippen LogP contribution in [0.15, 0.2) is 17.2 Å². The molecule has 8 nitrogen and oxygen atoms in total. The van der Waals surface area contributed by atoms with Crippen LogP contribution in [0.2, 0.25) is 0 Å². The van der Waals surface area contributed by atoms with E-state index < -0.39 is 31.2 Å². The molecule has 1 aliphatic heterocycles. The van der Waals surface area contributed by atoms with E-state index in [0.717, 1.165) is 0 Å². The van der Waals surface area contributed by atoms with Crippen LogP contribution in [0.3, 0.4) is 0 Å². The third-order valence-corrected chi connectivity index (χ3v) is 9.33. The van der Waals surface area contributed by atoms with Crippen molar-refractivity contribution in [3.63, 3.8) is 0 Å². The molecule has 1 aromatic carbocycles. The van der Waals surface area contributed by atoms with Gasteiger partial charge >= 0.3 is 10.1 Å². The Kier molecular flexibility index (Phi) is 6.83. The highest BCUT2D eigenvalue weighted by molar-refractivity contribution is 7.91. The zero-order valence-corrected chi connectivity index (χ0v) is 21.7. The van der Waals surface area contributed by atoms with Crippen molar-refractivity contribution in [1.29, 1.82) is 0 Å². The maximum atomic E-state index is 13.6. The molecule has 0 saturated carbocycles. The summed E-state index contributed by atoms with van der Waals surface area (Å²) in [5, 5.41) is 4.15. The first kappa shape index (κ1) is 25.4. The Balaban J connectivity index is 2.17. The van der Waals surface area contributed by atoms with Crippen LogP contribution in [-0.4, -0.2) is 43.9 Å². The highest BCUT2D eigenvalue weighted by Crippen LogP contribution is 2.43. The Bertz CT molecular complexity index is 1300. The van der Waals surface area contributed by atoms with Gasteiger partial charge in [0.25, 0.3) is 0 Å². The number of benzene rings is 1. The molecule has 0 fully saturated rings. The molecule has 0 bridgehead atoms. The minimum absolute atomic E-state index is 0.0378. The Morgan fingerprint density at radius 3 is 2.48 bits per heavy atom. The highest BCUT2D eigenvalue weighted by Gasteiger charge is 2.39. The lowest BCUT2D eigenvalue weighted by atomic mass is 9.77. The van der Waals surface area contributed by atoms with Crippen molar-refractivity contribution in [3.8, 4) is 5.88 Å². The van der Waals surface area contributed by atoms with E-state index >= 15 is 0 Å².